The lowest BCUT2D eigenvalue weighted by Gasteiger charge is -2.17. The van der Waals surface area contributed by atoms with Gasteiger partial charge in [-0.25, -0.2) is 0 Å². The molecule has 0 aliphatic carbocycles. The number of nitrogen functional groups attached to an aromatic ring is 1. The summed E-state index contributed by atoms with van der Waals surface area (Å²) in [6.07, 6.45) is 1.05. The van der Waals surface area contributed by atoms with Crippen LogP contribution in [0, 0.1) is 0 Å². The van der Waals surface area contributed by atoms with Crippen molar-refractivity contribution in [2.24, 2.45) is 0 Å². The smallest absolute Gasteiger partial charge is 0.0414 e. The SMILES string of the molecule is CC.CCc1ccc(N)cc1N(C)C. The highest BCUT2D eigenvalue weighted by Gasteiger charge is 2.01. The predicted molar refractivity (Wildman–Crippen MR) is 65.9 cm³/mol. The van der Waals surface area contributed by atoms with E-state index in [1.54, 1.807) is 0 Å². The molecule has 2 nitrogen and oxygen atoms in total. The number of hydrogen-bond acceptors (Lipinski definition) is 2. The Morgan fingerprint density at radius 1 is 1.21 bits per heavy atom. The fourth-order valence-corrected chi connectivity index (χ4v) is 1.30. The molecule has 0 aromatic heterocycles. The zero-order valence-corrected chi connectivity index (χ0v) is 9.96. The summed E-state index contributed by atoms with van der Waals surface area (Å²) in [6.45, 7) is 6.15. The second kappa shape index (κ2) is 6.30. The van der Waals surface area contributed by atoms with Gasteiger partial charge in [0.1, 0.15) is 0 Å². The summed E-state index contributed by atoms with van der Waals surface area (Å²) >= 11 is 0. The summed E-state index contributed by atoms with van der Waals surface area (Å²) in [7, 11) is 4.07. The molecule has 1 aromatic carbocycles. The molecule has 0 atom stereocenters. The first-order chi connectivity index (χ1) is 6.65. The Morgan fingerprint density at radius 3 is 2.21 bits per heavy atom. The molecular weight excluding hydrogens is 172 g/mol. The van der Waals surface area contributed by atoms with Crippen molar-refractivity contribution in [2.75, 3.05) is 24.7 Å². The molecule has 2 heteroatoms. The van der Waals surface area contributed by atoms with Crippen molar-refractivity contribution in [3.05, 3.63) is 23.8 Å². The highest BCUT2D eigenvalue weighted by Crippen LogP contribution is 2.21. The van der Waals surface area contributed by atoms with Crippen LogP contribution in [0.15, 0.2) is 18.2 Å². The third-order valence-corrected chi connectivity index (χ3v) is 1.97. The van der Waals surface area contributed by atoms with Gasteiger partial charge in [-0.05, 0) is 24.1 Å². The van der Waals surface area contributed by atoms with Gasteiger partial charge in [-0.3, -0.25) is 0 Å². The van der Waals surface area contributed by atoms with Gasteiger partial charge in [0.25, 0.3) is 0 Å². The van der Waals surface area contributed by atoms with Gasteiger partial charge in [0.2, 0.25) is 0 Å². The monoisotopic (exact) mass is 194 g/mol. The van der Waals surface area contributed by atoms with Gasteiger partial charge in [-0.1, -0.05) is 26.8 Å². The van der Waals surface area contributed by atoms with E-state index in [1.165, 1.54) is 11.3 Å². The van der Waals surface area contributed by atoms with E-state index in [0.29, 0.717) is 0 Å². The number of benzene rings is 1. The van der Waals surface area contributed by atoms with Gasteiger partial charge < -0.3 is 10.6 Å². The minimum atomic E-state index is 0.830. The molecule has 80 valence electrons. The van der Waals surface area contributed by atoms with Gasteiger partial charge >= 0.3 is 0 Å². The van der Waals surface area contributed by atoms with Crippen molar-refractivity contribution >= 4 is 11.4 Å². The molecule has 0 aliphatic heterocycles. The van der Waals surface area contributed by atoms with Gasteiger partial charge in [0, 0.05) is 25.5 Å². The zero-order chi connectivity index (χ0) is 11.1. The van der Waals surface area contributed by atoms with Crippen LogP contribution in [0.3, 0.4) is 0 Å². The van der Waals surface area contributed by atoms with Crippen LogP contribution in [0.4, 0.5) is 11.4 Å². The predicted octanol–water partition coefficient (Wildman–Crippen LogP) is 2.92. The number of rotatable bonds is 2. The second-order valence-corrected chi connectivity index (χ2v) is 3.14. The molecule has 0 saturated heterocycles. The zero-order valence-electron chi connectivity index (χ0n) is 9.96. The fourth-order valence-electron chi connectivity index (χ4n) is 1.30. The molecule has 0 heterocycles. The van der Waals surface area contributed by atoms with Gasteiger partial charge in [0.05, 0.1) is 0 Å². The van der Waals surface area contributed by atoms with E-state index in [1.807, 2.05) is 40.1 Å². The third-order valence-electron chi connectivity index (χ3n) is 1.97. The molecule has 0 radical (unpaired) electrons. The number of anilines is 2. The van der Waals surface area contributed by atoms with E-state index < -0.39 is 0 Å². The summed E-state index contributed by atoms with van der Waals surface area (Å²) < 4.78 is 0. The van der Waals surface area contributed by atoms with Gasteiger partial charge in [0.15, 0.2) is 0 Å². The van der Waals surface area contributed by atoms with Crippen LogP contribution < -0.4 is 10.6 Å². The molecular formula is C12H22N2. The average molecular weight is 194 g/mol. The number of nitrogens with zero attached hydrogens (tertiary/aromatic N) is 1. The van der Waals surface area contributed by atoms with E-state index in [0.717, 1.165) is 12.1 Å². The summed E-state index contributed by atoms with van der Waals surface area (Å²) in [5.41, 5.74) is 9.08. The van der Waals surface area contributed by atoms with Crippen LogP contribution in [0.2, 0.25) is 0 Å². The fraction of sp³-hybridized carbons (Fsp3) is 0.500. The van der Waals surface area contributed by atoms with Crippen LogP contribution in [0.25, 0.3) is 0 Å². The molecule has 0 saturated carbocycles. The van der Waals surface area contributed by atoms with Crippen molar-refractivity contribution in [3.63, 3.8) is 0 Å². The van der Waals surface area contributed by atoms with E-state index in [2.05, 4.69) is 17.9 Å². The van der Waals surface area contributed by atoms with Gasteiger partial charge in [-0.2, -0.15) is 0 Å². The Morgan fingerprint density at radius 2 is 1.79 bits per heavy atom. The molecule has 14 heavy (non-hydrogen) atoms. The van der Waals surface area contributed by atoms with Crippen LogP contribution in [-0.4, -0.2) is 14.1 Å². The number of nitrogens with two attached hydrogens (primary N) is 1. The lowest BCUT2D eigenvalue weighted by molar-refractivity contribution is 1.06. The summed E-state index contributed by atoms with van der Waals surface area (Å²) in [5, 5.41) is 0. The Bertz CT molecular complexity index is 267. The lowest BCUT2D eigenvalue weighted by atomic mass is 10.1. The minimum absolute atomic E-state index is 0.830. The standard InChI is InChI=1S/C10H16N2.C2H6/c1-4-8-5-6-9(11)7-10(8)12(2)3;1-2/h5-7H,4,11H2,1-3H3;1-2H3. The molecule has 2 N–H and O–H groups in total. The van der Waals surface area contributed by atoms with Crippen molar-refractivity contribution in [1.29, 1.82) is 0 Å². The van der Waals surface area contributed by atoms with Crippen LogP contribution in [-0.2, 0) is 6.42 Å². The first kappa shape index (κ1) is 12.8. The van der Waals surface area contributed by atoms with Crippen molar-refractivity contribution < 1.29 is 0 Å². The van der Waals surface area contributed by atoms with Crippen LogP contribution >= 0.6 is 0 Å². The maximum atomic E-state index is 5.69. The third kappa shape index (κ3) is 3.29. The Hall–Kier alpha value is -1.18. The van der Waals surface area contributed by atoms with Crippen LogP contribution in [0.5, 0.6) is 0 Å². The topological polar surface area (TPSA) is 29.3 Å². The lowest BCUT2D eigenvalue weighted by Crippen LogP contribution is -2.11. The minimum Gasteiger partial charge on any atom is -0.399 e. The van der Waals surface area contributed by atoms with Crippen molar-refractivity contribution in [1.82, 2.24) is 0 Å². The first-order valence-corrected chi connectivity index (χ1v) is 5.21. The Labute approximate surface area is 87.7 Å². The highest BCUT2D eigenvalue weighted by atomic mass is 15.1. The van der Waals surface area contributed by atoms with E-state index in [4.69, 9.17) is 5.73 Å². The van der Waals surface area contributed by atoms with Gasteiger partial charge in [-0.15, -0.1) is 0 Å². The maximum absolute atomic E-state index is 5.69. The molecule has 1 rings (SSSR count). The van der Waals surface area contributed by atoms with E-state index in [9.17, 15) is 0 Å². The molecule has 0 spiro atoms. The molecule has 0 unspecified atom stereocenters. The van der Waals surface area contributed by atoms with Crippen molar-refractivity contribution in [2.45, 2.75) is 27.2 Å². The molecule has 1 aromatic rings. The van der Waals surface area contributed by atoms with Crippen LogP contribution in [0.1, 0.15) is 26.3 Å². The highest BCUT2D eigenvalue weighted by molar-refractivity contribution is 5.60. The van der Waals surface area contributed by atoms with E-state index in [-0.39, 0.29) is 0 Å². The quantitative estimate of drug-likeness (QED) is 0.733. The summed E-state index contributed by atoms with van der Waals surface area (Å²) in [6, 6.07) is 6.05. The molecule has 0 amide bonds. The Kier molecular flexibility index (Phi) is 5.77. The van der Waals surface area contributed by atoms with E-state index >= 15 is 0 Å². The molecule has 0 fully saturated rings. The average Bonchev–Trinajstić information content (AvgIpc) is 2.20. The first-order valence-electron chi connectivity index (χ1n) is 5.21. The second-order valence-electron chi connectivity index (χ2n) is 3.14. The largest absolute Gasteiger partial charge is 0.399 e. The normalized spacial score (nSPS) is 8.93. The molecule has 0 aliphatic rings. The maximum Gasteiger partial charge on any atom is 0.0414 e. The summed E-state index contributed by atoms with van der Waals surface area (Å²) in [5.74, 6) is 0. The number of aryl methyl sites for hydroxylation is 1. The summed E-state index contributed by atoms with van der Waals surface area (Å²) in [4.78, 5) is 2.09. The number of hydrogen-bond donors (Lipinski definition) is 1. The molecule has 0 bridgehead atoms. The Balaban J connectivity index is 0.000000791. The van der Waals surface area contributed by atoms with Crippen molar-refractivity contribution in [3.8, 4) is 0 Å².